The first kappa shape index (κ1) is 21.7. The Morgan fingerprint density at radius 3 is 2.56 bits per heavy atom. The van der Waals surface area contributed by atoms with E-state index in [1.54, 1.807) is 36.7 Å². The molecule has 5 rings (SSSR count). The molecule has 0 spiro atoms. The van der Waals surface area contributed by atoms with Crippen LogP contribution in [0.4, 0.5) is 9.52 Å². The van der Waals surface area contributed by atoms with Crippen molar-refractivity contribution < 1.29 is 23.8 Å². The van der Waals surface area contributed by atoms with Gasteiger partial charge in [0.05, 0.1) is 28.4 Å². The number of carbonyl (C=O) groups excluding carboxylic acids is 2. The van der Waals surface area contributed by atoms with Gasteiger partial charge in [0, 0.05) is 18.0 Å². The summed E-state index contributed by atoms with van der Waals surface area (Å²) in [6.45, 7) is 2.40. The summed E-state index contributed by atoms with van der Waals surface area (Å²) in [6.07, 6.45) is 3.08. The number of rotatable bonds is 5. The maximum atomic E-state index is 13.4. The molecule has 9 heteroatoms. The van der Waals surface area contributed by atoms with Crippen LogP contribution in [0.15, 0.2) is 72.6 Å². The minimum absolute atomic E-state index is 0.0999. The number of hydrogen-bond donors (Lipinski definition) is 1. The lowest BCUT2D eigenvalue weighted by molar-refractivity contribution is -0.132. The lowest BCUT2D eigenvalue weighted by atomic mass is 9.96. The largest absolute Gasteiger partial charge is 0.507 e. The first-order valence-corrected chi connectivity index (χ1v) is 11.3. The van der Waals surface area contributed by atoms with Crippen LogP contribution in [0.2, 0.25) is 0 Å². The second-order valence-corrected chi connectivity index (χ2v) is 8.52. The molecular weight excluding hydrogens is 457 g/mol. The van der Waals surface area contributed by atoms with Crippen LogP contribution < -0.4 is 9.64 Å². The van der Waals surface area contributed by atoms with E-state index in [-0.39, 0.29) is 16.9 Å². The molecule has 170 valence electrons. The Hall–Kier alpha value is -4.11. The first-order chi connectivity index (χ1) is 16.5. The monoisotopic (exact) mass is 475 g/mol. The minimum Gasteiger partial charge on any atom is -0.507 e. The van der Waals surface area contributed by atoms with E-state index in [0.717, 1.165) is 4.70 Å². The number of thiazole rings is 1. The highest BCUT2D eigenvalue weighted by Gasteiger charge is 2.48. The van der Waals surface area contributed by atoms with Gasteiger partial charge >= 0.3 is 5.91 Å². The lowest BCUT2D eigenvalue weighted by Crippen LogP contribution is -2.29. The van der Waals surface area contributed by atoms with Crippen molar-refractivity contribution in [1.82, 2.24) is 9.97 Å². The number of carbonyl (C=O) groups is 2. The molecule has 34 heavy (non-hydrogen) atoms. The Balaban J connectivity index is 1.68. The van der Waals surface area contributed by atoms with Crippen molar-refractivity contribution in [2.24, 2.45) is 0 Å². The third-order valence-corrected chi connectivity index (χ3v) is 6.47. The summed E-state index contributed by atoms with van der Waals surface area (Å²) in [5.74, 6) is -1.85. The van der Waals surface area contributed by atoms with E-state index < -0.39 is 23.5 Å². The summed E-state index contributed by atoms with van der Waals surface area (Å²) in [5, 5.41) is 11.4. The second-order valence-electron chi connectivity index (χ2n) is 7.52. The zero-order chi connectivity index (χ0) is 23.8. The zero-order valence-electron chi connectivity index (χ0n) is 17.9. The van der Waals surface area contributed by atoms with Gasteiger partial charge in [-0.25, -0.2) is 9.37 Å². The van der Waals surface area contributed by atoms with Gasteiger partial charge < -0.3 is 9.84 Å². The predicted octanol–water partition coefficient (Wildman–Crippen LogP) is 4.86. The van der Waals surface area contributed by atoms with Crippen molar-refractivity contribution in [3.63, 3.8) is 0 Å². The van der Waals surface area contributed by atoms with Gasteiger partial charge in [-0.2, -0.15) is 0 Å². The van der Waals surface area contributed by atoms with Gasteiger partial charge in [0.25, 0.3) is 5.78 Å². The molecule has 1 unspecified atom stereocenters. The molecule has 1 aliphatic rings. The minimum atomic E-state index is -0.931. The van der Waals surface area contributed by atoms with Crippen LogP contribution in [0.3, 0.4) is 0 Å². The molecule has 1 atom stereocenters. The first-order valence-electron chi connectivity index (χ1n) is 10.5. The average Bonchev–Trinajstić information content (AvgIpc) is 3.38. The fourth-order valence-corrected chi connectivity index (χ4v) is 4.93. The number of ether oxygens (including phenoxy) is 1. The van der Waals surface area contributed by atoms with Gasteiger partial charge in [0.1, 0.15) is 17.3 Å². The fourth-order valence-electron chi connectivity index (χ4n) is 3.91. The molecular formula is C25H18FN3O4S. The van der Waals surface area contributed by atoms with Gasteiger partial charge in [-0.1, -0.05) is 11.3 Å². The molecule has 1 fully saturated rings. The molecule has 1 amide bonds. The van der Waals surface area contributed by atoms with E-state index in [4.69, 9.17) is 4.74 Å². The maximum absolute atomic E-state index is 13.4. The van der Waals surface area contributed by atoms with Crippen LogP contribution in [-0.4, -0.2) is 33.4 Å². The Morgan fingerprint density at radius 2 is 1.85 bits per heavy atom. The number of anilines is 1. The number of aliphatic hydroxyl groups excluding tert-OH is 1. The van der Waals surface area contributed by atoms with Gasteiger partial charge in [-0.3, -0.25) is 19.5 Å². The Kier molecular flexibility index (Phi) is 5.54. The molecule has 3 heterocycles. The number of amides is 1. The van der Waals surface area contributed by atoms with Crippen molar-refractivity contribution in [1.29, 1.82) is 0 Å². The van der Waals surface area contributed by atoms with Crippen LogP contribution in [0.5, 0.6) is 5.75 Å². The van der Waals surface area contributed by atoms with E-state index in [1.807, 2.05) is 13.0 Å². The Labute approximate surface area is 197 Å². The molecule has 2 aromatic heterocycles. The number of ketones is 1. The molecule has 4 aromatic rings. The number of Topliss-reactive ketones (excluding diaryl/α,β-unsaturated/α-hetero) is 1. The molecule has 0 radical (unpaired) electrons. The highest BCUT2D eigenvalue weighted by atomic mass is 32.1. The van der Waals surface area contributed by atoms with Gasteiger partial charge in [0.2, 0.25) is 0 Å². The predicted molar refractivity (Wildman–Crippen MR) is 126 cm³/mol. The van der Waals surface area contributed by atoms with Gasteiger partial charge in [-0.15, -0.1) is 0 Å². The van der Waals surface area contributed by atoms with Crippen LogP contribution in [0, 0.1) is 5.82 Å². The standard InChI is InChI=1S/C25H18FN3O4S/c1-2-33-17-7-8-18-19(13-17)34-25(28-18)29-21(14-9-11-27-12-10-14)20(23(31)24(29)32)22(30)15-3-5-16(26)6-4-15/h3-13,21,30H,2H2,1H3/b22-20+. The summed E-state index contributed by atoms with van der Waals surface area (Å²) in [5.41, 5.74) is 1.35. The third kappa shape index (κ3) is 3.69. The molecule has 1 saturated heterocycles. The average molecular weight is 476 g/mol. The number of pyridine rings is 1. The van der Waals surface area contributed by atoms with Crippen LogP contribution in [0.25, 0.3) is 16.0 Å². The van der Waals surface area contributed by atoms with Crippen LogP contribution in [0.1, 0.15) is 24.1 Å². The molecule has 1 aliphatic heterocycles. The highest BCUT2D eigenvalue weighted by Crippen LogP contribution is 2.44. The number of fused-ring (bicyclic) bond motifs is 1. The number of benzene rings is 2. The van der Waals surface area contributed by atoms with Crippen LogP contribution >= 0.6 is 11.3 Å². The van der Waals surface area contributed by atoms with E-state index in [2.05, 4.69) is 9.97 Å². The fraction of sp³-hybridized carbons (Fsp3) is 0.120. The molecule has 0 saturated carbocycles. The Morgan fingerprint density at radius 1 is 1.12 bits per heavy atom. The van der Waals surface area contributed by atoms with Crippen molar-refractivity contribution in [3.05, 3.63) is 89.5 Å². The third-order valence-electron chi connectivity index (χ3n) is 5.45. The lowest BCUT2D eigenvalue weighted by Gasteiger charge is -2.22. The summed E-state index contributed by atoms with van der Waals surface area (Å²) >= 11 is 1.24. The smallest absolute Gasteiger partial charge is 0.301 e. The normalized spacial score (nSPS) is 17.5. The SMILES string of the molecule is CCOc1ccc2nc(N3C(=O)C(=O)/C(=C(/O)c4ccc(F)cc4)C3c3ccncc3)sc2c1. The molecule has 0 aliphatic carbocycles. The van der Waals surface area contributed by atoms with E-state index >= 15 is 0 Å². The topological polar surface area (TPSA) is 92.6 Å². The second kappa shape index (κ2) is 8.68. The highest BCUT2D eigenvalue weighted by molar-refractivity contribution is 7.22. The number of aromatic nitrogens is 2. The summed E-state index contributed by atoms with van der Waals surface area (Å²) < 4.78 is 19.8. The van der Waals surface area contributed by atoms with Crippen molar-refractivity contribution >= 4 is 44.1 Å². The van der Waals surface area contributed by atoms with Crippen LogP contribution in [-0.2, 0) is 9.59 Å². The number of halogens is 1. The number of nitrogens with zero attached hydrogens (tertiary/aromatic N) is 3. The number of aliphatic hydroxyl groups is 1. The van der Waals surface area contributed by atoms with Crippen molar-refractivity contribution in [2.75, 3.05) is 11.5 Å². The molecule has 7 nitrogen and oxygen atoms in total. The van der Waals surface area contributed by atoms with Crippen molar-refractivity contribution in [2.45, 2.75) is 13.0 Å². The summed E-state index contributed by atoms with van der Waals surface area (Å²) in [6, 6.07) is 12.9. The summed E-state index contributed by atoms with van der Waals surface area (Å²) in [7, 11) is 0. The van der Waals surface area contributed by atoms with E-state index in [0.29, 0.717) is 28.6 Å². The zero-order valence-corrected chi connectivity index (χ0v) is 18.8. The number of hydrogen-bond acceptors (Lipinski definition) is 7. The Bertz CT molecular complexity index is 1430. The van der Waals surface area contributed by atoms with E-state index in [9.17, 15) is 19.1 Å². The molecule has 0 bridgehead atoms. The quantitative estimate of drug-likeness (QED) is 0.252. The van der Waals surface area contributed by atoms with Gasteiger partial charge in [-0.05, 0) is 67.1 Å². The van der Waals surface area contributed by atoms with Crippen molar-refractivity contribution in [3.8, 4) is 5.75 Å². The summed E-state index contributed by atoms with van der Waals surface area (Å²) in [4.78, 5) is 36.3. The molecule has 1 N–H and O–H groups in total. The molecule has 2 aromatic carbocycles. The van der Waals surface area contributed by atoms with E-state index in [1.165, 1.54) is 40.5 Å². The van der Waals surface area contributed by atoms with Gasteiger partial charge in [0.15, 0.2) is 5.13 Å². The maximum Gasteiger partial charge on any atom is 0.301 e.